The van der Waals surface area contributed by atoms with Crippen LogP contribution in [0.5, 0.6) is 0 Å². The SMILES string of the molecule is CCn1ccc2c(C)nc(N)nc21. The molecule has 2 aromatic rings. The average molecular weight is 176 g/mol. The third kappa shape index (κ3) is 1.14. The van der Waals surface area contributed by atoms with Gasteiger partial charge in [0.2, 0.25) is 5.95 Å². The van der Waals surface area contributed by atoms with Crippen molar-refractivity contribution in [3.05, 3.63) is 18.0 Å². The van der Waals surface area contributed by atoms with Gasteiger partial charge < -0.3 is 10.3 Å². The Hall–Kier alpha value is -1.58. The van der Waals surface area contributed by atoms with Crippen LogP contribution >= 0.6 is 0 Å². The monoisotopic (exact) mass is 176 g/mol. The van der Waals surface area contributed by atoms with Crippen molar-refractivity contribution >= 4 is 17.0 Å². The minimum absolute atomic E-state index is 0.346. The van der Waals surface area contributed by atoms with Crippen LogP contribution in [0.1, 0.15) is 12.6 Å². The van der Waals surface area contributed by atoms with Gasteiger partial charge in [0, 0.05) is 18.1 Å². The molecule has 4 nitrogen and oxygen atoms in total. The lowest BCUT2D eigenvalue weighted by molar-refractivity contribution is 0.787. The van der Waals surface area contributed by atoms with Crippen LogP contribution in [0.4, 0.5) is 5.95 Å². The smallest absolute Gasteiger partial charge is 0.222 e. The Balaban J connectivity index is 2.82. The molecule has 0 saturated heterocycles. The lowest BCUT2D eigenvalue weighted by Crippen LogP contribution is -2.00. The Kier molecular flexibility index (Phi) is 1.69. The number of rotatable bonds is 1. The number of nitrogens with two attached hydrogens (primary N) is 1. The van der Waals surface area contributed by atoms with E-state index in [4.69, 9.17) is 5.73 Å². The zero-order valence-corrected chi connectivity index (χ0v) is 7.78. The summed E-state index contributed by atoms with van der Waals surface area (Å²) in [7, 11) is 0. The van der Waals surface area contributed by atoms with Crippen molar-refractivity contribution in [3.8, 4) is 0 Å². The molecule has 0 aromatic carbocycles. The van der Waals surface area contributed by atoms with Crippen LogP contribution in [0.15, 0.2) is 12.3 Å². The maximum absolute atomic E-state index is 5.57. The molecule has 4 heteroatoms. The molecule has 0 amide bonds. The van der Waals surface area contributed by atoms with Gasteiger partial charge in [-0.25, -0.2) is 4.98 Å². The van der Waals surface area contributed by atoms with Crippen molar-refractivity contribution in [1.82, 2.24) is 14.5 Å². The van der Waals surface area contributed by atoms with Crippen LogP contribution in [0, 0.1) is 6.92 Å². The predicted octanol–water partition coefficient (Wildman–Crippen LogP) is 1.34. The molecule has 0 radical (unpaired) electrons. The molecule has 0 aliphatic rings. The summed E-state index contributed by atoms with van der Waals surface area (Å²) in [4.78, 5) is 8.30. The zero-order chi connectivity index (χ0) is 9.42. The largest absolute Gasteiger partial charge is 0.368 e. The quantitative estimate of drug-likeness (QED) is 0.713. The average Bonchev–Trinajstić information content (AvgIpc) is 2.47. The van der Waals surface area contributed by atoms with Crippen LogP contribution in [0.25, 0.3) is 11.0 Å². The highest BCUT2D eigenvalue weighted by Crippen LogP contribution is 2.16. The van der Waals surface area contributed by atoms with Crippen LogP contribution < -0.4 is 5.73 Å². The number of fused-ring (bicyclic) bond motifs is 1. The van der Waals surface area contributed by atoms with Crippen molar-refractivity contribution in [1.29, 1.82) is 0 Å². The molecule has 2 rings (SSSR count). The second-order valence-corrected chi connectivity index (χ2v) is 3.01. The Morgan fingerprint density at radius 1 is 1.46 bits per heavy atom. The van der Waals surface area contributed by atoms with Crippen molar-refractivity contribution < 1.29 is 0 Å². The minimum atomic E-state index is 0.346. The van der Waals surface area contributed by atoms with Crippen molar-refractivity contribution in [2.24, 2.45) is 0 Å². The molecular weight excluding hydrogens is 164 g/mol. The number of hydrogen-bond donors (Lipinski definition) is 1. The summed E-state index contributed by atoms with van der Waals surface area (Å²) in [6.45, 7) is 4.92. The summed E-state index contributed by atoms with van der Waals surface area (Å²) in [5.41, 5.74) is 7.44. The highest BCUT2D eigenvalue weighted by atomic mass is 15.1. The second-order valence-electron chi connectivity index (χ2n) is 3.01. The van der Waals surface area contributed by atoms with Crippen LogP contribution in [-0.2, 0) is 6.54 Å². The van der Waals surface area contributed by atoms with Gasteiger partial charge in [0.15, 0.2) is 0 Å². The van der Waals surface area contributed by atoms with Gasteiger partial charge >= 0.3 is 0 Å². The summed E-state index contributed by atoms with van der Waals surface area (Å²) < 4.78 is 2.06. The fourth-order valence-electron chi connectivity index (χ4n) is 1.49. The van der Waals surface area contributed by atoms with Gasteiger partial charge in [0.05, 0.1) is 5.69 Å². The molecule has 0 fully saturated rings. The first-order valence-electron chi connectivity index (χ1n) is 4.31. The number of nitrogen functional groups attached to an aromatic ring is 1. The molecule has 0 aliphatic heterocycles. The van der Waals surface area contributed by atoms with Gasteiger partial charge in [-0.2, -0.15) is 4.98 Å². The topological polar surface area (TPSA) is 56.7 Å². The van der Waals surface area contributed by atoms with E-state index < -0.39 is 0 Å². The Bertz CT molecular complexity index is 444. The summed E-state index contributed by atoms with van der Waals surface area (Å²) in [5, 5.41) is 1.08. The summed E-state index contributed by atoms with van der Waals surface area (Å²) in [5.74, 6) is 0.346. The van der Waals surface area contributed by atoms with Gasteiger partial charge in [0.1, 0.15) is 5.65 Å². The van der Waals surface area contributed by atoms with Gasteiger partial charge in [-0.15, -0.1) is 0 Å². The highest BCUT2D eigenvalue weighted by Gasteiger charge is 2.05. The Morgan fingerprint density at radius 2 is 2.23 bits per heavy atom. The fraction of sp³-hybridized carbons (Fsp3) is 0.333. The van der Waals surface area contributed by atoms with Crippen molar-refractivity contribution in [2.45, 2.75) is 20.4 Å². The third-order valence-corrected chi connectivity index (χ3v) is 2.17. The molecule has 0 aliphatic carbocycles. The maximum atomic E-state index is 5.57. The van der Waals surface area contributed by atoms with Crippen LogP contribution in [0.3, 0.4) is 0 Å². The number of nitrogens with zero attached hydrogens (tertiary/aromatic N) is 3. The molecule has 2 N–H and O–H groups in total. The lowest BCUT2D eigenvalue weighted by Gasteiger charge is -2.01. The molecule has 2 heterocycles. The third-order valence-electron chi connectivity index (χ3n) is 2.17. The lowest BCUT2D eigenvalue weighted by atomic mass is 10.3. The van der Waals surface area contributed by atoms with E-state index in [1.807, 2.05) is 19.2 Å². The van der Waals surface area contributed by atoms with Crippen LogP contribution in [-0.4, -0.2) is 14.5 Å². The molecule has 0 spiro atoms. The molecule has 0 bridgehead atoms. The second kappa shape index (κ2) is 2.73. The summed E-state index contributed by atoms with van der Waals surface area (Å²) in [6.07, 6.45) is 2.01. The molecule has 0 saturated carbocycles. The van der Waals surface area contributed by atoms with E-state index in [9.17, 15) is 0 Å². The summed E-state index contributed by atoms with van der Waals surface area (Å²) >= 11 is 0. The highest BCUT2D eigenvalue weighted by molar-refractivity contribution is 5.79. The maximum Gasteiger partial charge on any atom is 0.222 e. The van der Waals surface area contributed by atoms with Gasteiger partial charge in [-0.1, -0.05) is 0 Å². The standard InChI is InChI=1S/C9H12N4/c1-3-13-5-4-7-6(2)11-9(10)12-8(7)13/h4-5H,3H2,1-2H3,(H2,10,11,12). The van der Waals surface area contributed by atoms with E-state index in [1.165, 1.54) is 0 Å². The summed E-state index contributed by atoms with van der Waals surface area (Å²) in [6, 6.07) is 2.02. The van der Waals surface area contributed by atoms with E-state index in [2.05, 4.69) is 21.5 Å². The number of hydrogen-bond acceptors (Lipinski definition) is 3. The Labute approximate surface area is 76.4 Å². The fourth-order valence-corrected chi connectivity index (χ4v) is 1.49. The van der Waals surface area contributed by atoms with E-state index in [0.29, 0.717) is 5.95 Å². The molecule has 0 unspecified atom stereocenters. The van der Waals surface area contributed by atoms with Gasteiger partial charge in [-0.05, 0) is 19.9 Å². The number of anilines is 1. The van der Waals surface area contributed by atoms with Crippen LogP contribution in [0.2, 0.25) is 0 Å². The molecular formula is C9H12N4. The van der Waals surface area contributed by atoms with E-state index in [1.54, 1.807) is 0 Å². The molecule has 2 aromatic heterocycles. The van der Waals surface area contributed by atoms with Gasteiger partial charge in [-0.3, -0.25) is 0 Å². The number of aryl methyl sites for hydroxylation is 2. The first kappa shape index (κ1) is 8.04. The van der Waals surface area contributed by atoms with E-state index >= 15 is 0 Å². The molecule has 0 atom stereocenters. The molecule has 68 valence electrons. The van der Waals surface area contributed by atoms with Crippen molar-refractivity contribution in [3.63, 3.8) is 0 Å². The predicted molar refractivity (Wildman–Crippen MR) is 52.4 cm³/mol. The van der Waals surface area contributed by atoms with Gasteiger partial charge in [0.25, 0.3) is 0 Å². The minimum Gasteiger partial charge on any atom is -0.368 e. The zero-order valence-electron chi connectivity index (χ0n) is 7.78. The first-order valence-corrected chi connectivity index (χ1v) is 4.31. The number of aromatic nitrogens is 3. The molecule has 13 heavy (non-hydrogen) atoms. The normalized spacial score (nSPS) is 10.9. The van der Waals surface area contributed by atoms with E-state index in [-0.39, 0.29) is 0 Å². The Morgan fingerprint density at radius 3 is 2.92 bits per heavy atom. The van der Waals surface area contributed by atoms with E-state index in [0.717, 1.165) is 23.3 Å². The van der Waals surface area contributed by atoms with Crippen molar-refractivity contribution in [2.75, 3.05) is 5.73 Å². The first-order chi connectivity index (χ1) is 6.22.